The number of hydrogen-bond donors (Lipinski definition) is 2. The molecule has 0 aromatic carbocycles. The molecule has 0 saturated heterocycles. The van der Waals surface area contributed by atoms with Crippen LogP contribution in [0.25, 0.3) is 10.6 Å². The molecule has 0 spiro atoms. The van der Waals surface area contributed by atoms with Crippen LogP contribution < -0.4 is 11.1 Å². The Morgan fingerprint density at radius 2 is 2.16 bits per heavy atom. The summed E-state index contributed by atoms with van der Waals surface area (Å²) in [7, 11) is 0. The molecule has 2 heterocycles. The molecule has 0 aliphatic carbocycles. The maximum atomic E-state index is 12.1. The van der Waals surface area contributed by atoms with Crippen molar-refractivity contribution in [1.29, 1.82) is 0 Å². The number of anilines is 1. The molecule has 0 aliphatic rings. The van der Waals surface area contributed by atoms with Gasteiger partial charge >= 0.3 is 5.97 Å². The van der Waals surface area contributed by atoms with E-state index < -0.39 is 11.6 Å². The van der Waals surface area contributed by atoms with Crippen LogP contribution in [0.3, 0.4) is 0 Å². The van der Waals surface area contributed by atoms with E-state index >= 15 is 0 Å². The first kappa shape index (κ1) is 19.3. The highest BCUT2D eigenvalue weighted by molar-refractivity contribution is 7.13. The van der Waals surface area contributed by atoms with E-state index in [-0.39, 0.29) is 0 Å². The summed E-state index contributed by atoms with van der Waals surface area (Å²) in [6.45, 7) is 7.74. The standard InChI is InChI=1S/C17H24N4O3S/c1-17(2,3)24-16(22)13-11-25-15(21-13)12-4-6-19-14(10-12)20-7-9-23-8-5-18/h4,6,10-11H,5,7-9,18H2,1-3H3,(H,19,20). The Morgan fingerprint density at radius 3 is 2.88 bits per heavy atom. The van der Waals surface area contributed by atoms with E-state index in [2.05, 4.69) is 15.3 Å². The number of nitrogens with zero attached hydrogens (tertiary/aromatic N) is 2. The summed E-state index contributed by atoms with van der Waals surface area (Å²) in [6.07, 6.45) is 1.70. The molecule has 2 aromatic heterocycles. The van der Waals surface area contributed by atoms with Crippen LogP contribution in [0, 0.1) is 0 Å². The number of nitrogens with one attached hydrogen (secondary N) is 1. The Labute approximate surface area is 151 Å². The van der Waals surface area contributed by atoms with Gasteiger partial charge in [0.2, 0.25) is 0 Å². The summed E-state index contributed by atoms with van der Waals surface area (Å²) in [4.78, 5) is 20.7. The summed E-state index contributed by atoms with van der Waals surface area (Å²) in [6, 6.07) is 3.74. The van der Waals surface area contributed by atoms with Gasteiger partial charge in [-0.1, -0.05) is 0 Å². The van der Waals surface area contributed by atoms with Crippen molar-refractivity contribution in [2.45, 2.75) is 26.4 Å². The molecular formula is C17H24N4O3S. The minimum Gasteiger partial charge on any atom is -0.455 e. The van der Waals surface area contributed by atoms with Crippen LogP contribution >= 0.6 is 11.3 Å². The summed E-state index contributed by atoms with van der Waals surface area (Å²) in [5, 5.41) is 5.63. The molecular weight excluding hydrogens is 340 g/mol. The zero-order chi connectivity index (χ0) is 18.3. The fourth-order valence-corrected chi connectivity index (χ4v) is 2.71. The maximum Gasteiger partial charge on any atom is 0.358 e. The van der Waals surface area contributed by atoms with Gasteiger partial charge in [-0.25, -0.2) is 14.8 Å². The number of pyridine rings is 1. The quantitative estimate of drug-likeness (QED) is 0.548. The van der Waals surface area contributed by atoms with Crippen LogP contribution in [0.2, 0.25) is 0 Å². The van der Waals surface area contributed by atoms with Crippen molar-refractivity contribution in [3.63, 3.8) is 0 Å². The number of rotatable bonds is 8. The molecule has 0 unspecified atom stereocenters. The molecule has 2 aromatic rings. The molecule has 0 amide bonds. The Balaban J connectivity index is 2.00. The Hall–Kier alpha value is -2.03. The summed E-state index contributed by atoms with van der Waals surface area (Å²) < 4.78 is 10.7. The fourth-order valence-electron chi connectivity index (χ4n) is 1.93. The van der Waals surface area contributed by atoms with E-state index in [1.807, 2.05) is 32.9 Å². The normalized spacial score (nSPS) is 11.4. The average molecular weight is 364 g/mol. The van der Waals surface area contributed by atoms with Crippen LogP contribution in [0.5, 0.6) is 0 Å². The SMILES string of the molecule is CC(C)(C)OC(=O)c1csc(-c2ccnc(NCCOCCN)c2)n1. The van der Waals surface area contributed by atoms with Gasteiger partial charge in [0.25, 0.3) is 0 Å². The smallest absolute Gasteiger partial charge is 0.358 e. The first-order valence-electron chi connectivity index (χ1n) is 8.06. The molecule has 136 valence electrons. The van der Waals surface area contributed by atoms with Crippen molar-refractivity contribution in [2.75, 3.05) is 31.6 Å². The minimum absolute atomic E-state index is 0.316. The molecule has 0 radical (unpaired) electrons. The highest BCUT2D eigenvalue weighted by Gasteiger charge is 2.20. The third-order valence-electron chi connectivity index (χ3n) is 2.93. The summed E-state index contributed by atoms with van der Waals surface area (Å²) >= 11 is 1.39. The predicted molar refractivity (Wildman–Crippen MR) is 98.9 cm³/mol. The van der Waals surface area contributed by atoms with Gasteiger partial charge in [0.1, 0.15) is 16.4 Å². The van der Waals surface area contributed by atoms with Crippen molar-refractivity contribution in [2.24, 2.45) is 5.73 Å². The number of ether oxygens (including phenoxy) is 2. The Morgan fingerprint density at radius 1 is 1.36 bits per heavy atom. The molecule has 0 atom stereocenters. The van der Waals surface area contributed by atoms with E-state index in [0.29, 0.717) is 32.0 Å². The van der Waals surface area contributed by atoms with E-state index in [4.69, 9.17) is 15.2 Å². The Kier molecular flexibility index (Phi) is 6.86. The predicted octanol–water partition coefficient (Wildman–Crippen LogP) is 2.55. The van der Waals surface area contributed by atoms with Crippen molar-refractivity contribution in [1.82, 2.24) is 9.97 Å². The van der Waals surface area contributed by atoms with Crippen LogP contribution in [0.4, 0.5) is 5.82 Å². The highest BCUT2D eigenvalue weighted by atomic mass is 32.1. The second-order valence-corrected chi connectivity index (χ2v) is 7.16. The number of thiazole rings is 1. The molecule has 7 nitrogen and oxygen atoms in total. The van der Waals surface area contributed by atoms with E-state index in [1.165, 1.54) is 11.3 Å². The van der Waals surface area contributed by atoms with Gasteiger partial charge in [0, 0.05) is 30.2 Å². The fraction of sp³-hybridized carbons (Fsp3) is 0.471. The molecule has 3 N–H and O–H groups in total. The van der Waals surface area contributed by atoms with Crippen LogP contribution in [0.1, 0.15) is 31.3 Å². The first-order chi connectivity index (χ1) is 11.9. The van der Waals surface area contributed by atoms with Gasteiger partial charge in [-0.15, -0.1) is 11.3 Å². The second kappa shape index (κ2) is 8.89. The highest BCUT2D eigenvalue weighted by Crippen LogP contribution is 2.26. The number of carbonyl (C=O) groups is 1. The number of hydrogen-bond acceptors (Lipinski definition) is 8. The molecule has 0 bridgehead atoms. The lowest BCUT2D eigenvalue weighted by molar-refractivity contribution is 0.00638. The van der Waals surface area contributed by atoms with Crippen molar-refractivity contribution in [3.05, 3.63) is 29.4 Å². The zero-order valence-electron chi connectivity index (χ0n) is 14.7. The maximum absolute atomic E-state index is 12.1. The zero-order valence-corrected chi connectivity index (χ0v) is 15.6. The molecule has 25 heavy (non-hydrogen) atoms. The molecule has 0 saturated carbocycles. The lowest BCUT2D eigenvalue weighted by Gasteiger charge is -2.18. The largest absolute Gasteiger partial charge is 0.455 e. The van der Waals surface area contributed by atoms with Crippen LogP contribution in [-0.4, -0.2) is 47.8 Å². The van der Waals surface area contributed by atoms with Crippen molar-refractivity contribution >= 4 is 23.1 Å². The van der Waals surface area contributed by atoms with Gasteiger partial charge < -0.3 is 20.5 Å². The molecule has 8 heteroatoms. The second-order valence-electron chi connectivity index (χ2n) is 6.30. The van der Waals surface area contributed by atoms with Crippen molar-refractivity contribution < 1.29 is 14.3 Å². The monoisotopic (exact) mass is 364 g/mol. The van der Waals surface area contributed by atoms with E-state index in [9.17, 15) is 4.79 Å². The van der Waals surface area contributed by atoms with Gasteiger partial charge in [-0.2, -0.15) is 0 Å². The van der Waals surface area contributed by atoms with Crippen LogP contribution in [-0.2, 0) is 9.47 Å². The van der Waals surface area contributed by atoms with Crippen LogP contribution in [0.15, 0.2) is 23.7 Å². The first-order valence-corrected chi connectivity index (χ1v) is 8.94. The molecule has 0 fully saturated rings. The van der Waals surface area contributed by atoms with Crippen molar-refractivity contribution in [3.8, 4) is 10.6 Å². The number of nitrogens with two attached hydrogens (primary N) is 1. The summed E-state index contributed by atoms with van der Waals surface area (Å²) in [5.41, 5.74) is 6.03. The van der Waals surface area contributed by atoms with E-state index in [1.54, 1.807) is 11.6 Å². The minimum atomic E-state index is -0.541. The lowest BCUT2D eigenvalue weighted by Crippen LogP contribution is -2.24. The molecule has 2 rings (SSSR count). The lowest BCUT2D eigenvalue weighted by atomic mass is 10.2. The third-order valence-corrected chi connectivity index (χ3v) is 3.83. The average Bonchev–Trinajstić information content (AvgIpc) is 3.04. The van der Waals surface area contributed by atoms with Gasteiger partial charge in [0.05, 0.1) is 13.2 Å². The summed E-state index contributed by atoms with van der Waals surface area (Å²) in [5.74, 6) is 0.308. The number of carbonyl (C=O) groups excluding carboxylic acids is 1. The molecule has 0 aliphatic heterocycles. The third kappa shape index (κ3) is 6.41. The number of aromatic nitrogens is 2. The van der Waals surface area contributed by atoms with Gasteiger partial charge in [-0.3, -0.25) is 0 Å². The van der Waals surface area contributed by atoms with E-state index in [0.717, 1.165) is 16.4 Å². The van der Waals surface area contributed by atoms with Gasteiger partial charge in [-0.05, 0) is 32.9 Å². The van der Waals surface area contributed by atoms with Gasteiger partial charge in [0.15, 0.2) is 5.69 Å². The number of esters is 1. The topological polar surface area (TPSA) is 99.4 Å². The Bertz CT molecular complexity index is 697.